The molecule has 0 bridgehead atoms. The van der Waals surface area contributed by atoms with Gasteiger partial charge in [0.1, 0.15) is 6.33 Å². The largest absolute Gasteiger partial charge is 0.382 e. The normalized spacial score (nSPS) is 13.8. The molecule has 0 unspecified atom stereocenters. The fraction of sp³-hybridized carbons (Fsp3) is 0.583. The summed E-state index contributed by atoms with van der Waals surface area (Å²) in [6.45, 7) is 8.40. The average molecular weight is 253 g/mol. The lowest BCUT2D eigenvalue weighted by atomic mass is 9.98. The summed E-state index contributed by atoms with van der Waals surface area (Å²) in [4.78, 5) is 11.6. The molecule has 1 heterocycles. The molecule has 0 saturated heterocycles. The number of hydrogen-bond acceptors (Lipinski definition) is 5. The summed E-state index contributed by atoms with van der Waals surface area (Å²) in [5.41, 5.74) is 5.93. The molecular weight excluding hydrogens is 233 g/mol. The molecule has 0 fully saturated rings. The Morgan fingerprint density at radius 2 is 2.11 bits per heavy atom. The molecule has 0 amide bonds. The van der Waals surface area contributed by atoms with Crippen molar-refractivity contribution in [3.8, 4) is 0 Å². The Hall–Kier alpha value is -1.72. The van der Waals surface area contributed by atoms with Crippen molar-refractivity contribution in [1.29, 1.82) is 0 Å². The first-order valence-electron chi connectivity index (χ1n) is 5.97. The van der Waals surface area contributed by atoms with Crippen molar-refractivity contribution in [2.75, 3.05) is 17.6 Å². The van der Waals surface area contributed by atoms with E-state index >= 15 is 0 Å². The van der Waals surface area contributed by atoms with E-state index in [0.29, 0.717) is 17.7 Å². The van der Waals surface area contributed by atoms with E-state index in [2.05, 4.69) is 41.0 Å². The molecule has 0 aliphatic rings. The highest BCUT2D eigenvalue weighted by Gasteiger charge is 2.11. The van der Waals surface area contributed by atoms with Crippen molar-refractivity contribution in [3.63, 3.8) is 0 Å². The standard InChI is InChI=1S/C12H20FN5/c1-7(2)8(3)5-15-12-10(18-9(4)13)11(14)16-6-17-12/h6-8H,5H2,1-4H3,(H3,14,15,16,17)/t8-/m1/s1. The zero-order valence-corrected chi connectivity index (χ0v) is 11.2. The van der Waals surface area contributed by atoms with Crippen LogP contribution in [0.2, 0.25) is 0 Å². The molecule has 3 N–H and O–H groups in total. The van der Waals surface area contributed by atoms with Crippen molar-refractivity contribution in [3.05, 3.63) is 6.33 Å². The molecule has 0 aromatic carbocycles. The van der Waals surface area contributed by atoms with E-state index < -0.39 is 5.97 Å². The van der Waals surface area contributed by atoms with Gasteiger partial charge < -0.3 is 11.1 Å². The third-order valence-electron chi connectivity index (χ3n) is 2.85. The SMILES string of the molecule is CC(F)=Nc1c(N)ncnc1NC[C@@H](C)C(C)C. The molecule has 18 heavy (non-hydrogen) atoms. The van der Waals surface area contributed by atoms with Crippen molar-refractivity contribution >= 4 is 23.3 Å². The lowest BCUT2D eigenvalue weighted by molar-refractivity contribution is 0.439. The highest BCUT2D eigenvalue weighted by atomic mass is 19.1. The van der Waals surface area contributed by atoms with Gasteiger partial charge in [-0.15, -0.1) is 0 Å². The van der Waals surface area contributed by atoms with Crippen LogP contribution in [0.3, 0.4) is 0 Å². The van der Waals surface area contributed by atoms with E-state index in [4.69, 9.17) is 5.73 Å². The Bertz CT molecular complexity index is 426. The van der Waals surface area contributed by atoms with Crippen molar-refractivity contribution in [2.24, 2.45) is 16.8 Å². The molecular formula is C12H20FN5. The van der Waals surface area contributed by atoms with Gasteiger partial charge in [0.2, 0.25) is 0 Å². The summed E-state index contributed by atoms with van der Waals surface area (Å²) < 4.78 is 12.9. The van der Waals surface area contributed by atoms with Gasteiger partial charge in [0.05, 0.1) is 0 Å². The van der Waals surface area contributed by atoms with Crippen LogP contribution in [-0.4, -0.2) is 22.5 Å². The quantitative estimate of drug-likeness (QED) is 0.791. The monoisotopic (exact) mass is 253 g/mol. The van der Waals surface area contributed by atoms with E-state index in [0.717, 1.165) is 6.54 Å². The summed E-state index contributed by atoms with van der Waals surface area (Å²) in [5, 5.41) is 3.14. The highest BCUT2D eigenvalue weighted by Crippen LogP contribution is 2.28. The van der Waals surface area contributed by atoms with Gasteiger partial charge in [0.25, 0.3) is 0 Å². The second-order valence-corrected chi connectivity index (χ2v) is 4.67. The number of nitrogens with two attached hydrogens (primary N) is 1. The van der Waals surface area contributed by atoms with E-state index in [1.807, 2.05) is 0 Å². The Kier molecular flexibility index (Phi) is 5.00. The van der Waals surface area contributed by atoms with Gasteiger partial charge >= 0.3 is 0 Å². The van der Waals surface area contributed by atoms with Crippen LogP contribution in [0, 0.1) is 11.8 Å². The summed E-state index contributed by atoms with van der Waals surface area (Å²) in [6.07, 6.45) is 1.34. The number of anilines is 2. The van der Waals surface area contributed by atoms with Crippen molar-refractivity contribution in [2.45, 2.75) is 27.7 Å². The van der Waals surface area contributed by atoms with E-state index in [1.165, 1.54) is 13.3 Å². The highest BCUT2D eigenvalue weighted by molar-refractivity contribution is 5.82. The number of nitrogen functional groups attached to an aromatic ring is 1. The zero-order valence-electron chi connectivity index (χ0n) is 11.2. The number of halogens is 1. The number of nitrogens with zero attached hydrogens (tertiary/aromatic N) is 3. The summed E-state index contributed by atoms with van der Waals surface area (Å²) in [7, 11) is 0. The summed E-state index contributed by atoms with van der Waals surface area (Å²) in [5.74, 6) is 1.07. The molecule has 1 aromatic heterocycles. The minimum atomic E-state index is -0.573. The van der Waals surface area contributed by atoms with Crippen LogP contribution in [0.15, 0.2) is 11.3 Å². The molecule has 6 heteroatoms. The molecule has 5 nitrogen and oxygen atoms in total. The number of nitrogens with one attached hydrogen (secondary N) is 1. The Morgan fingerprint density at radius 3 is 2.67 bits per heavy atom. The zero-order chi connectivity index (χ0) is 13.7. The predicted molar refractivity (Wildman–Crippen MR) is 72.8 cm³/mol. The van der Waals surface area contributed by atoms with E-state index in [-0.39, 0.29) is 11.5 Å². The lowest BCUT2D eigenvalue weighted by Gasteiger charge is -2.17. The Labute approximate surface area is 107 Å². The maximum absolute atomic E-state index is 12.9. The topological polar surface area (TPSA) is 76.2 Å². The minimum absolute atomic E-state index is 0.168. The van der Waals surface area contributed by atoms with E-state index in [9.17, 15) is 4.39 Å². The smallest absolute Gasteiger partial charge is 0.186 e. The van der Waals surface area contributed by atoms with Gasteiger partial charge in [-0.25, -0.2) is 15.0 Å². The van der Waals surface area contributed by atoms with Crippen LogP contribution in [0.4, 0.5) is 21.7 Å². The molecule has 1 aromatic rings. The van der Waals surface area contributed by atoms with Crippen LogP contribution >= 0.6 is 0 Å². The first-order valence-corrected chi connectivity index (χ1v) is 5.97. The maximum Gasteiger partial charge on any atom is 0.186 e. The van der Waals surface area contributed by atoms with Gasteiger partial charge in [-0.1, -0.05) is 20.8 Å². The first-order chi connectivity index (χ1) is 8.41. The Morgan fingerprint density at radius 1 is 1.44 bits per heavy atom. The van der Waals surface area contributed by atoms with Gasteiger partial charge in [-0.2, -0.15) is 4.39 Å². The molecule has 0 aliphatic carbocycles. The van der Waals surface area contributed by atoms with Gasteiger partial charge in [-0.3, -0.25) is 0 Å². The lowest BCUT2D eigenvalue weighted by Crippen LogP contribution is -2.17. The average Bonchev–Trinajstić information content (AvgIpc) is 2.28. The number of rotatable bonds is 5. The molecule has 0 saturated carbocycles. The van der Waals surface area contributed by atoms with Gasteiger partial charge in [-0.05, 0) is 11.8 Å². The van der Waals surface area contributed by atoms with Crippen LogP contribution < -0.4 is 11.1 Å². The molecule has 0 aliphatic heterocycles. The molecule has 0 spiro atoms. The number of aromatic nitrogens is 2. The van der Waals surface area contributed by atoms with Crippen molar-refractivity contribution in [1.82, 2.24) is 9.97 Å². The fourth-order valence-electron chi connectivity index (χ4n) is 1.28. The Balaban J connectivity index is 2.89. The molecule has 1 atom stereocenters. The van der Waals surface area contributed by atoms with Crippen molar-refractivity contribution < 1.29 is 4.39 Å². The second-order valence-electron chi connectivity index (χ2n) is 4.67. The third-order valence-corrected chi connectivity index (χ3v) is 2.85. The fourth-order valence-corrected chi connectivity index (χ4v) is 1.28. The van der Waals surface area contributed by atoms with E-state index in [1.54, 1.807) is 0 Å². The maximum atomic E-state index is 12.9. The van der Waals surface area contributed by atoms with Crippen LogP contribution in [0.5, 0.6) is 0 Å². The summed E-state index contributed by atoms with van der Waals surface area (Å²) in [6, 6.07) is 0. The van der Waals surface area contributed by atoms with Crippen LogP contribution in [0.25, 0.3) is 0 Å². The van der Waals surface area contributed by atoms with Crippen LogP contribution in [-0.2, 0) is 0 Å². The molecule has 1 rings (SSSR count). The minimum Gasteiger partial charge on any atom is -0.382 e. The summed E-state index contributed by atoms with van der Waals surface area (Å²) >= 11 is 0. The number of aliphatic imine (C=N–C) groups is 1. The third kappa shape index (κ3) is 3.94. The van der Waals surface area contributed by atoms with Crippen LogP contribution in [0.1, 0.15) is 27.7 Å². The predicted octanol–water partition coefficient (Wildman–Crippen LogP) is 2.78. The molecule has 0 radical (unpaired) electrons. The first kappa shape index (κ1) is 14.3. The van der Waals surface area contributed by atoms with Gasteiger partial charge in [0.15, 0.2) is 23.3 Å². The molecule has 100 valence electrons. The number of hydrogen-bond donors (Lipinski definition) is 2. The second kappa shape index (κ2) is 6.28. The van der Waals surface area contributed by atoms with Gasteiger partial charge in [0, 0.05) is 13.5 Å².